The van der Waals surface area contributed by atoms with Crippen molar-refractivity contribution in [2.45, 2.75) is 32.0 Å². The van der Waals surface area contributed by atoms with Crippen LogP contribution in [0.3, 0.4) is 0 Å². The summed E-state index contributed by atoms with van der Waals surface area (Å²) in [6.07, 6.45) is 6.61. The topological polar surface area (TPSA) is 40.8 Å². The van der Waals surface area contributed by atoms with E-state index in [4.69, 9.17) is 4.98 Å². The third-order valence-corrected chi connectivity index (χ3v) is 5.33. The molecule has 120 valence electrons. The monoisotopic (exact) mass is 327 g/mol. The van der Waals surface area contributed by atoms with Gasteiger partial charge in [-0.05, 0) is 24.3 Å². The number of rotatable bonds is 7. The highest BCUT2D eigenvalue weighted by Crippen LogP contribution is 2.36. The normalized spacial score (nSPS) is 16.3. The molecule has 5 heteroatoms. The number of aromatic nitrogens is 2. The summed E-state index contributed by atoms with van der Waals surface area (Å²) in [7, 11) is 0. The van der Waals surface area contributed by atoms with Crippen molar-refractivity contribution in [3.63, 3.8) is 0 Å². The lowest BCUT2D eigenvalue weighted by atomic mass is 10.1. The molecular weight excluding hydrogens is 306 g/mol. The van der Waals surface area contributed by atoms with Gasteiger partial charge in [-0.25, -0.2) is 4.98 Å². The van der Waals surface area contributed by atoms with Gasteiger partial charge in [-0.15, -0.1) is 11.3 Å². The van der Waals surface area contributed by atoms with Crippen LogP contribution in [0.4, 0.5) is 0 Å². The molecular formula is C18H21N3OS. The molecule has 0 amide bonds. The highest BCUT2D eigenvalue weighted by molar-refractivity contribution is 7.15. The Kier molecular flexibility index (Phi) is 4.16. The van der Waals surface area contributed by atoms with E-state index in [1.165, 1.54) is 18.4 Å². The van der Waals surface area contributed by atoms with E-state index in [-0.39, 0.29) is 12.6 Å². The van der Waals surface area contributed by atoms with Crippen LogP contribution in [-0.4, -0.2) is 32.0 Å². The maximum Gasteiger partial charge on any atom is 0.193 e. The fourth-order valence-corrected chi connectivity index (χ4v) is 3.93. The van der Waals surface area contributed by atoms with Crippen LogP contribution >= 0.6 is 11.3 Å². The van der Waals surface area contributed by atoms with Gasteiger partial charge in [0.05, 0.1) is 12.3 Å². The summed E-state index contributed by atoms with van der Waals surface area (Å²) in [5.74, 6) is 0.632. The zero-order valence-corrected chi connectivity index (χ0v) is 13.8. The predicted molar refractivity (Wildman–Crippen MR) is 92.4 cm³/mol. The van der Waals surface area contributed by atoms with Gasteiger partial charge in [0.25, 0.3) is 0 Å². The number of benzene rings is 1. The molecule has 0 radical (unpaired) electrons. The van der Waals surface area contributed by atoms with Gasteiger partial charge in [0, 0.05) is 36.9 Å². The van der Waals surface area contributed by atoms with Crippen molar-refractivity contribution in [1.29, 1.82) is 0 Å². The number of aliphatic hydroxyl groups is 1. The number of hydrogen-bond donors (Lipinski definition) is 1. The van der Waals surface area contributed by atoms with Gasteiger partial charge in [0.1, 0.15) is 0 Å². The van der Waals surface area contributed by atoms with Crippen LogP contribution in [0.15, 0.2) is 48.1 Å². The number of fused-ring (bicyclic) bond motifs is 1. The summed E-state index contributed by atoms with van der Waals surface area (Å²) in [6, 6.07) is 10.7. The lowest BCUT2D eigenvalue weighted by Crippen LogP contribution is -2.38. The van der Waals surface area contributed by atoms with Crippen molar-refractivity contribution >= 4 is 16.3 Å². The summed E-state index contributed by atoms with van der Waals surface area (Å²) in [4.78, 5) is 8.13. The summed E-state index contributed by atoms with van der Waals surface area (Å²) in [5.41, 5.74) is 2.36. The zero-order valence-electron chi connectivity index (χ0n) is 13.0. The highest BCUT2D eigenvalue weighted by atomic mass is 32.1. The summed E-state index contributed by atoms with van der Waals surface area (Å²) in [6.45, 7) is 1.86. The Hall–Kier alpha value is -1.69. The van der Waals surface area contributed by atoms with Crippen LogP contribution in [0.25, 0.3) is 4.96 Å². The van der Waals surface area contributed by atoms with Gasteiger partial charge in [-0.3, -0.25) is 9.30 Å². The Bertz CT molecular complexity index is 734. The van der Waals surface area contributed by atoms with Gasteiger partial charge in [-0.1, -0.05) is 30.3 Å². The molecule has 1 N–H and O–H groups in total. The first-order valence-electron chi connectivity index (χ1n) is 8.13. The van der Waals surface area contributed by atoms with Crippen molar-refractivity contribution < 1.29 is 5.11 Å². The largest absolute Gasteiger partial charge is 0.395 e. The van der Waals surface area contributed by atoms with Crippen LogP contribution in [0, 0.1) is 5.92 Å². The first-order chi connectivity index (χ1) is 11.3. The minimum Gasteiger partial charge on any atom is -0.395 e. The second-order valence-electron chi connectivity index (χ2n) is 6.30. The fourth-order valence-electron chi connectivity index (χ4n) is 3.21. The minimum atomic E-state index is 0.222. The van der Waals surface area contributed by atoms with E-state index in [2.05, 4.69) is 45.1 Å². The molecule has 1 saturated carbocycles. The second kappa shape index (κ2) is 6.43. The third kappa shape index (κ3) is 3.32. The average molecular weight is 327 g/mol. The first-order valence-corrected chi connectivity index (χ1v) is 9.01. The summed E-state index contributed by atoms with van der Waals surface area (Å²) < 4.78 is 2.08. The van der Waals surface area contributed by atoms with Gasteiger partial charge in [0.15, 0.2) is 4.96 Å². The molecule has 4 rings (SSSR count). The number of nitrogens with zero attached hydrogens (tertiary/aromatic N) is 3. The van der Waals surface area contributed by atoms with Crippen LogP contribution in [0.2, 0.25) is 0 Å². The lowest BCUT2D eigenvalue weighted by molar-refractivity contribution is 0.0935. The molecule has 2 heterocycles. The van der Waals surface area contributed by atoms with Crippen LogP contribution < -0.4 is 0 Å². The molecule has 0 saturated heterocycles. The van der Waals surface area contributed by atoms with Gasteiger partial charge in [-0.2, -0.15) is 0 Å². The van der Waals surface area contributed by atoms with Crippen LogP contribution in [-0.2, 0) is 13.1 Å². The fraction of sp³-hybridized carbons (Fsp3) is 0.389. The van der Waals surface area contributed by atoms with Crippen molar-refractivity contribution in [1.82, 2.24) is 14.3 Å². The van der Waals surface area contributed by atoms with Crippen LogP contribution in [0.1, 0.15) is 24.1 Å². The van der Waals surface area contributed by atoms with Crippen molar-refractivity contribution in [3.8, 4) is 0 Å². The number of aliphatic hydroxyl groups excluding tert-OH is 1. The zero-order chi connectivity index (χ0) is 15.6. The van der Waals surface area contributed by atoms with E-state index in [1.54, 1.807) is 11.3 Å². The Morgan fingerprint density at radius 1 is 1.26 bits per heavy atom. The molecule has 0 aliphatic heterocycles. The maximum absolute atomic E-state index is 9.90. The molecule has 4 nitrogen and oxygen atoms in total. The number of hydrogen-bond acceptors (Lipinski definition) is 4. The third-order valence-electron chi connectivity index (χ3n) is 4.56. The molecule has 2 aromatic heterocycles. The standard InChI is InChI=1S/C18H21N3OS/c22-13-17(15-6-7-15)21(10-14-4-2-1-3-5-14)12-16-11-20-8-9-23-18(20)19-16/h1-5,8-9,11,15,17,22H,6-7,10,12-13H2/t17-/m0/s1. The lowest BCUT2D eigenvalue weighted by Gasteiger charge is -2.30. The molecule has 0 spiro atoms. The van der Waals surface area contributed by atoms with Gasteiger partial charge < -0.3 is 5.11 Å². The number of thiazole rings is 1. The summed E-state index contributed by atoms with van der Waals surface area (Å²) in [5, 5.41) is 11.9. The van der Waals surface area contributed by atoms with E-state index < -0.39 is 0 Å². The first kappa shape index (κ1) is 14.9. The van der Waals surface area contributed by atoms with E-state index in [9.17, 15) is 5.11 Å². The highest BCUT2D eigenvalue weighted by Gasteiger charge is 2.35. The van der Waals surface area contributed by atoms with Crippen LogP contribution in [0.5, 0.6) is 0 Å². The molecule has 0 unspecified atom stereocenters. The molecule has 1 aliphatic rings. The second-order valence-corrected chi connectivity index (χ2v) is 7.18. The van der Waals surface area contributed by atoms with E-state index in [0.717, 1.165) is 23.7 Å². The van der Waals surface area contributed by atoms with Crippen molar-refractivity contribution in [2.75, 3.05) is 6.61 Å². The average Bonchev–Trinajstić information content (AvgIpc) is 3.17. The SMILES string of the molecule is OC[C@@H](C1CC1)N(Cc1ccccc1)Cc1cn2ccsc2n1. The van der Waals surface area contributed by atoms with Crippen molar-refractivity contribution in [3.05, 3.63) is 59.4 Å². The van der Waals surface area contributed by atoms with Gasteiger partial charge in [0.2, 0.25) is 0 Å². The van der Waals surface area contributed by atoms with E-state index in [0.29, 0.717) is 5.92 Å². The van der Waals surface area contributed by atoms with E-state index in [1.807, 2.05) is 12.3 Å². The Morgan fingerprint density at radius 3 is 2.78 bits per heavy atom. The van der Waals surface area contributed by atoms with Gasteiger partial charge >= 0.3 is 0 Å². The molecule has 1 aliphatic carbocycles. The molecule has 23 heavy (non-hydrogen) atoms. The summed E-state index contributed by atoms with van der Waals surface area (Å²) >= 11 is 1.66. The van der Waals surface area contributed by atoms with E-state index >= 15 is 0 Å². The molecule has 1 atom stereocenters. The minimum absolute atomic E-state index is 0.222. The Labute approximate surface area is 140 Å². The molecule has 1 fully saturated rings. The Balaban J connectivity index is 1.57. The molecule has 3 aromatic rings. The predicted octanol–water partition coefficient (Wildman–Crippen LogP) is 3.17. The smallest absolute Gasteiger partial charge is 0.193 e. The molecule has 1 aromatic carbocycles. The maximum atomic E-state index is 9.90. The molecule has 0 bridgehead atoms. The van der Waals surface area contributed by atoms with Crippen molar-refractivity contribution in [2.24, 2.45) is 5.92 Å². The number of imidazole rings is 1. The quantitative estimate of drug-likeness (QED) is 0.725. The Morgan fingerprint density at radius 2 is 2.09 bits per heavy atom.